The second kappa shape index (κ2) is 56.5. The van der Waals surface area contributed by atoms with Crippen LogP contribution in [-0.2, 0) is 117 Å². The van der Waals surface area contributed by atoms with Crippen molar-refractivity contribution in [3.05, 3.63) is 29.8 Å². The number of rotatable bonds is 28. The van der Waals surface area contributed by atoms with Crippen molar-refractivity contribution in [3.8, 4) is 5.75 Å². The van der Waals surface area contributed by atoms with E-state index in [0.29, 0.717) is 21.6 Å². The molecule has 139 heavy (non-hydrogen) atoms. The van der Waals surface area contributed by atoms with Crippen LogP contribution in [0.25, 0.3) is 0 Å². The number of aliphatic carboxylic acids is 2. The van der Waals surface area contributed by atoms with Crippen LogP contribution >= 0.6 is 21.6 Å². The molecule has 5 aliphatic rings. The number of aromatic hydroxyl groups is 1. The highest BCUT2D eigenvalue weighted by Gasteiger charge is 2.48. The number of nitrogens with zero attached hydrogens (tertiary/aromatic N) is 3. The van der Waals surface area contributed by atoms with Gasteiger partial charge in [-0.1, -0.05) is 102 Å². The Balaban J connectivity index is 1.61. The van der Waals surface area contributed by atoms with Crippen molar-refractivity contribution in [1.29, 1.82) is 0 Å². The van der Waals surface area contributed by atoms with Gasteiger partial charge in [0.15, 0.2) is 0 Å². The fourth-order valence-corrected chi connectivity index (χ4v) is 18.7. The van der Waals surface area contributed by atoms with Crippen LogP contribution in [0.5, 0.6) is 5.75 Å². The molecule has 0 spiro atoms. The molecule has 1 aromatic carbocycles. The third-order valence-corrected chi connectivity index (χ3v) is 26.8. The standard InChI is InChI=1S/C88H136N22O27S2/c1-9-45(7)70-85(134)105-60-42-139-138-41-59(81(130)98-52(26-29-68(117)118)75(124)100-55(37-66(92)115)79(128)103-58(40-111)80(129)107-71(46(8)10-2)88(137)110-33-15-19-63(110)87(136)109-32-14-18-62(109)84(133)106-70)104-76(125)51(25-28-65(91)114)96-78(127)54(36-47-20-22-48(112)23-21-47)99-77(126)53(34-43(3)4)94-67(116)39-93-72(121)56(38-69(119)120)101-83(132)61-17-13-31-108(61)86(135)57(35-44(5)6)102-73(122)49(16-11-12-30-89)95-74(123)50(97-82(60)131)24-27-64(90)113/h20-23,43-46,49-63,70-71,111-112H,9-19,24-42,89H2,1-8H3,(H2,90,113)(H2,91,114)(H2,92,115)(H,93,121)(H,94,116)(H,95,123)(H,96,127)(H,97,131)(H,98,130)(H,99,126)(H,100,124)(H,101,132)(H,102,122)(H,103,128)(H,104,125)(H,105,134)(H,106,133)(H,107,129)(H,117,118)(H,119,120)/t45-,46+,49-,50+,51-,52+,53-,54+,55+,56-,57-,58+,59+,60+,61+,62+,63+,70-,71+/m1/s1. The number of hydrogen-bond donors (Lipinski definition) is 23. The molecule has 51 heteroatoms. The molecule has 0 aliphatic carbocycles. The normalized spacial score (nSPS) is 27.3. The van der Waals surface area contributed by atoms with Gasteiger partial charge in [-0.3, -0.25) is 110 Å². The van der Waals surface area contributed by atoms with Gasteiger partial charge in [-0.25, -0.2) is 0 Å². The van der Waals surface area contributed by atoms with Crippen molar-refractivity contribution in [2.45, 2.75) is 299 Å². The Hall–Kier alpha value is -12.6. The number of hydrogen-bond acceptors (Lipinski definition) is 28. The molecule has 0 unspecified atom stereocenters. The highest BCUT2D eigenvalue weighted by molar-refractivity contribution is 8.76. The number of carboxylic acid groups (broad SMARTS) is 2. The van der Waals surface area contributed by atoms with Crippen molar-refractivity contribution in [2.24, 2.45) is 46.6 Å². The summed E-state index contributed by atoms with van der Waals surface area (Å²) in [5.41, 5.74) is 23.1. The summed E-state index contributed by atoms with van der Waals surface area (Å²) in [5, 5.41) is 78.3. The zero-order valence-corrected chi connectivity index (χ0v) is 80.9. The summed E-state index contributed by atoms with van der Waals surface area (Å²) in [6.45, 7) is 10.9. The van der Waals surface area contributed by atoms with Gasteiger partial charge in [-0.05, 0) is 138 Å². The van der Waals surface area contributed by atoms with Gasteiger partial charge in [-0.2, -0.15) is 0 Å². The fraction of sp³-hybridized carbons (Fsp3) is 0.670. The number of phenols is 1. The lowest BCUT2D eigenvalue weighted by Gasteiger charge is -2.35. The Morgan fingerprint density at radius 3 is 1.29 bits per heavy atom. The second-order valence-electron chi connectivity index (χ2n) is 36.2. The van der Waals surface area contributed by atoms with Crippen LogP contribution in [0.2, 0.25) is 0 Å². The first-order valence-corrected chi connectivity index (χ1v) is 49.2. The third kappa shape index (κ3) is 36.3. The minimum absolute atomic E-state index is 0.0213. The average molecular weight is 2000 g/mol. The van der Waals surface area contributed by atoms with Gasteiger partial charge < -0.3 is 138 Å². The summed E-state index contributed by atoms with van der Waals surface area (Å²) in [4.78, 5) is 335. The highest BCUT2D eigenvalue weighted by Crippen LogP contribution is 2.30. The molecule has 19 atom stereocenters. The molecule has 5 saturated heterocycles. The predicted octanol–water partition coefficient (Wildman–Crippen LogP) is -6.73. The van der Waals surface area contributed by atoms with Gasteiger partial charge >= 0.3 is 11.9 Å². The molecule has 27 N–H and O–H groups in total. The molecule has 5 heterocycles. The highest BCUT2D eigenvalue weighted by atomic mass is 33.1. The average Bonchev–Trinajstić information content (AvgIpc) is 1.66. The summed E-state index contributed by atoms with van der Waals surface area (Å²) in [6.07, 6.45) is -6.45. The van der Waals surface area contributed by atoms with E-state index in [9.17, 15) is 82.8 Å². The third-order valence-electron chi connectivity index (χ3n) is 24.3. The number of primary amides is 3. The number of carboxylic acids is 2. The number of benzene rings is 1. The largest absolute Gasteiger partial charge is 0.508 e. The lowest BCUT2D eigenvalue weighted by atomic mass is 9.96. The van der Waals surface area contributed by atoms with Crippen molar-refractivity contribution in [2.75, 3.05) is 50.8 Å². The first-order valence-electron chi connectivity index (χ1n) is 46.7. The molecular formula is C88H136N22O27S2. The number of carbonyl (C=O) groups is 23. The number of nitrogens with one attached hydrogen (secondary N) is 15. The smallest absolute Gasteiger partial charge is 0.305 e. The number of unbranched alkanes of at least 4 members (excludes halogenated alkanes) is 1. The van der Waals surface area contributed by atoms with Crippen molar-refractivity contribution in [1.82, 2.24) is 94.5 Å². The number of fused-ring (bicyclic) bond motifs is 8. The molecule has 0 aromatic heterocycles. The zero-order valence-electron chi connectivity index (χ0n) is 79.3. The minimum Gasteiger partial charge on any atom is -0.508 e. The molecule has 0 saturated carbocycles. The van der Waals surface area contributed by atoms with Crippen molar-refractivity contribution < 1.29 is 131 Å². The zero-order chi connectivity index (χ0) is 103. The summed E-state index contributed by atoms with van der Waals surface area (Å²) < 4.78 is 0. The van der Waals surface area contributed by atoms with Gasteiger partial charge in [0.05, 0.1) is 26.0 Å². The van der Waals surface area contributed by atoms with E-state index in [0.717, 1.165) is 4.90 Å². The molecular weight excluding hydrogens is 1860 g/mol. The molecule has 21 amide bonds. The van der Waals surface area contributed by atoms with Crippen LogP contribution in [0.15, 0.2) is 24.3 Å². The van der Waals surface area contributed by atoms with Crippen LogP contribution in [0.1, 0.15) is 196 Å². The number of amides is 21. The van der Waals surface area contributed by atoms with Crippen molar-refractivity contribution in [3.63, 3.8) is 0 Å². The molecule has 2 bridgehead atoms. The Bertz CT molecular complexity index is 4590. The van der Waals surface area contributed by atoms with Crippen LogP contribution in [0.4, 0.5) is 0 Å². The van der Waals surface area contributed by atoms with Crippen molar-refractivity contribution >= 4 is 158 Å². The Labute approximate surface area is 811 Å². The summed E-state index contributed by atoms with van der Waals surface area (Å²) in [7, 11) is 1.24. The molecule has 5 aliphatic heterocycles. The number of carbonyl (C=O) groups excluding carboxylic acids is 21. The van der Waals surface area contributed by atoms with E-state index in [-0.39, 0.29) is 121 Å². The SMILES string of the molecule is CC[C@@H](C)[C@H]1NC(=O)[C@@H]2CCCN2C(=O)[C@@H]2CCCN2C(=O)[C@H]([C@@H](C)CC)NC(=O)[C@H](CO)NC(=O)[C@H](CC(N)=O)NC(=O)[C@H](CCC(=O)O)NC(=O)[C@@H]2CSSC[C@H](NC1=O)C(=O)N[C@@H](CCC(N)=O)C(=O)N[C@H](CCCCN)C(=O)N[C@H](CC(C)C)C(=O)N1CCC[C@H]1C(=O)N[C@H](CC(=O)O)C(=O)NCC(=O)N[C@H](CC(C)C)C(=O)N[C@@H](Cc1ccc(O)cc1)C(=O)N[C@H](CCC(N)=O)C(=O)N2. The topological polar surface area (TPSA) is 768 Å². The van der Waals surface area contributed by atoms with Gasteiger partial charge in [0.25, 0.3) is 0 Å². The van der Waals surface area contributed by atoms with Gasteiger partial charge in [0, 0.05) is 56.8 Å². The second-order valence-corrected chi connectivity index (χ2v) is 38.8. The number of nitrogens with two attached hydrogens (primary N) is 4. The first kappa shape index (κ1) is 115. The number of aliphatic hydroxyl groups excluding tert-OH is 1. The molecule has 49 nitrogen and oxygen atoms in total. The molecule has 1 aromatic rings. The van der Waals surface area contributed by atoms with Crippen LogP contribution in [0.3, 0.4) is 0 Å². The maximum Gasteiger partial charge on any atom is 0.305 e. The molecule has 5 fully saturated rings. The lowest BCUT2D eigenvalue weighted by molar-refractivity contribution is -0.149. The summed E-state index contributed by atoms with van der Waals surface area (Å²) in [5.74, 6) is -31.0. The maximum absolute atomic E-state index is 15.6. The quantitative estimate of drug-likeness (QED) is 0.0274. The van der Waals surface area contributed by atoms with E-state index in [1.165, 1.54) is 34.1 Å². The van der Waals surface area contributed by atoms with Gasteiger partial charge in [0.1, 0.15) is 108 Å². The van der Waals surface area contributed by atoms with E-state index in [2.05, 4.69) is 79.8 Å². The Morgan fingerprint density at radius 2 is 0.791 bits per heavy atom. The molecule has 772 valence electrons. The monoisotopic (exact) mass is 2000 g/mol. The Kier molecular flexibility index (Phi) is 46.8. The maximum atomic E-state index is 15.6. The molecule has 0 radical (unpaired) electrons. The predicted molar refractivity (Wildman–Crippen MR) is 499 cm³/mol. The summed E-state index contributed by atoms with van der Waals surface area (Å²) >= 11 is 0. The molecule has 6 rings (SSSR count). The van der Waals surface area contributed by atoms with Gasteiger partial charge in [0.2, 0.25) is 124 Å². The van der Waals surface area contributed by atoms with E-state index in [1.54, 1.807) is 55.4 Å². The van der Waals surface area contributed by atoms with Crippen LogP contribution < -0.4 is 103 Å². The minimum atomic E-state index is -2.15. The Morgan fingerprint density at radius 1 is 0.396 bits per heavy atom. The van der Waals surface area contributed by atoms with E-state index >= 15 is 47.9 Å². The van der Waals surface area contributed by atoms with Crippen LogP contribution in [0, 0.1) is 23.7 Å². The lowest BCUT2D eigenvalue weighted by Crippen LogP contribution is -2.62. The first-order chi connectivity index (χ1) is 65.7. The summed E-state index contributed by atoms with van der Waals surface area (Å²) in [6, 6.07) is -24.6. The van der Waals surface area contributed by atoms with E-state index < -0.39 is 345 Å². The van der Waals surface area contributed by atoms with Crippen LogP contribution in [-0.4, -0.2) is 325 Å². The van der Waals surface area contributed by atoms with E-state index in [1.807, 2.05) is 0 Å². The van der Waals surface area contributed by atoms with Gasteiger partial charge in [-0.15, -0.1) is 0 Å². The number of aliphatic hydroxyl groups is 1. The fourth-order valence-electron chi connectivity index (χ4n) is 16.3. The van der Waals surface area contributed by atoms with E-state index in [4.69, 9.17) is 22.9 Å². The number of phenolic OH excluding ortho intramolecular Hbond substituents is 1.